The van der Waals surface area contributed by atoms with Crippen LogP contribution >= 0.6 is 0 Å². The molecule has 8 heteroatoms. The molecule has 0 unspecified atom stereocenters. The Morgan fingerprint density at radius 3 is 2.29 bits per heavy atom. The molecule has 31 heavy (non-hydrogen) atoms. The smallest absolute Gasteiger partial charge is 0.249 e. The molecule has 2 aliphatic rings. The molecular weight excluding hydrogens is 394 g/mol. The number of hydrogen-bond donors (Lipinski definition) is 2. The predicted octanol–water partition coefficient (Wildman–Crippen LogP) is 3.27. The summed E-state index contributed by atoms with van der Waals surface area (Å²) in [6.45, 7) is 6.56. The quantitative estimate of drug-likeness (QED) is 0.718. The van der Waals surface area contributed by atoms with E-state index in [-0.39, 0.29) is 53.9 Å². The van der Waals surface area contributed by atoms with Gasteiger partial charge in [0.25, 0.3) is 0 Å². The fraction of sp³-hybridized carbons (Fsp3) is 0.522. The van der Waals surface area contributed by atoms with E-state index in [0.717, 1.165) is 31.2 Å². The van der Waals surface area contributed by atoms with Crippen molar-refractivity contribution >= 4 is 23.7 Å². The van der Waals surface area contributed by atoms with Crippen LogP contribution in [0.5, 0.6) is 0 Å². The first-order valence-electron chi connectivity index (χ1n) is 10.9. The third-order valence-corrected chi connectivity index (χ3v) is 6.26. The number of carbonyl (C=O) groups excluding carboxylic acids is 3. The van der Waals surface area contributed by atoms with E-state index in [1.807, 2.05) is 12.1 Å². The summed E-state index contributed by atoms with van der Waals surface area (Å²) in [6.07, 6.45) is 3.55. The summed E-state index contributed by atoms with van der Waals surface area (Å²) in [5.41, 5.74) is 2.15. The molecule has 0 radical (unpaired) electrons. The number of anilines is 1. The van der Waals surface area contributed by atoms with Crippen molar-refractivity contribution < 1.29 is 14.4 Å². The van der Waals surface area contributed by atoms with Gasteiger partial charge < -0.3 is 0 Å². The third-order valence-electron chi connectivity index (χ3n) is 6.26. The first-order chi connectivity index (χ1) is 14.7. The maximum atomic E-state index is 12.5. The highest BCUT2D eigenvalue weighted by molar-refractivity contribution is 6.05. The van der Waals surface area contributed by atoms with Gasteiger partial charge in [-0.3, -0.25) is 29.7 Å². The number of likely N-dealkylation sites (tertiary alicyclic amines) is 1. The van der Waals surface area contributed by atoms with Crippen molar-refractivity contribution in [3.05, 3.63) is 29.8 Å². The van der Waals surface area contributed by atoms with E-state index in [9.17, 15) is 14.4 Å². The van der Waals surface area contributed by atoms with Crippen molar-refractivity contribution in [2.45, 2.75) is 58.3 Å². The summed E-state index contributed by atoms with van der Waals surface area (Å²) in [5.74, 6) is -0.224. The minimum absolute atomic E-state index is 0.0288. The topological polar surface area (TPSA) is 108 Å². The van der Waals surface area contributed by atoms with Gasteiger partial charge in [-0.15, -0.1) is 5.10 Å². The van der Waals surface area contributed by atoms with E-state index in [1.54, 1.807) is 0 Å². The van der Waals surface area contributed by atoms with E-state index in [4.69, 9.17) is 0 Å². The van der Waals surface area contributed by atoms with E-state index in [1.165, 1.54) is 10.5 Å². The number of aromatic amines is 1. The van der Waals surface area contributed by atoms with Crippen LogP contribution in [0.4, 0.5) is 5.95 Å². The van der Waals surface area contributed by atoms with Crippen LogP contribution < -0.4 is 5.32 Å². The normalized spacial score (nSPS) is 21.3. The number of fused-ring (bicyclic) bond motifs is 1. The van der Waals surface area contributed by atoms with Crippen molar-refractivity contribution in [1.29, 1.82) is 0 Å². The number of benzene rings is 1. The maximum Gasteiger partial charge on any atom is 0.249 e. The summed E-state index contributed by atoms with van der Waals surface area (Å²) in [7, 11) is 0. The molecule has 1 aliphatic carbocycles. The fourth-order valence-electron chi connectivity index (χ4n) is 4.43. The number of rotatable bonds is 5. The third kappa shape index (κ3) is 4.38. The lowest BCUT2D eigenvalue weighted by molar-refractivity contribution is -0.140. The van der Waals surface area contributed by atoms with Crippen LogP contribution in [0, 0.1) is 11.8 Å². The molecule has 8 nitrogen and oxygen atoms in total. The molecule has 164 valence electrons. The molecule has 2 aromatic rings. The zero-order chi connectivity index (χ0) is 22.2. The average molecular weight is 424 g/mol. The Kier molecular flexibility index (Phi) is 5.64. The van der Waals surface area contributed by atoms with Crippen LogP contribution in [0.25, 0.3) is 11.4 Å². The molecule has 3 amide bonds. The number of carbonyl (C=O) groups is 3. The second-order valence-corrected chi connectivity index (χ2v) is 9.46. The molecule has 1 saturated carbocycles. The van der Waals surface area contributed by atoms with E-state index >= 15 is 0 Å². The number of hydrogen-bond acceptors (Lipinski definition) is 5. The van der Waals surface area contributed by atoms with Crippen molar-refractivity contribution in [3.8, 4) is 11.4 Å². The minimum Gasteiger partial charge on any atom is -0.293 e. The van der Waals surface area contributed by atoms with Gasteiger partial charge in [-0.2, -0.15) is 4.98 Å². The van der Waals surface area contributed by atoms with Gasteiger partial charge in [0.05, 0.1) is 11.8 Å². The molecule has 1 aliphatic heterocycles. The Hall–Kier alpha value is -3.03. The first-order valence-corrected chi connectivity index (χ1v) is 10.9. The van der Waals surface area contributed by atoms with Crippen molar-refractivity contribution in [2.75, 3.05) is 11.9 Å². The van der Waals surface area contributed by atoms with Crippen LogP contribution in [0.15, 0.2) is 24.3 Å². The van der Waals surface area contributed by atoms with Gasteiger partial charge in [-0.05, 0) is 23.8 Å². The minimum atomic E-state index is -0.330. The highest BCUT2D eigenvalue weighted by Gasteiger charge is 2.47. The van der Waals surface area contributed by atoms with Gasteiger partial charge in [-0.25, -0.2) is 0 Å². The average Bonchev–Trinajstić information content (AvgIpc) is 3.30. The Morgan fingerprint density at radius 2 is 1.71 bits per heavy atom. The van der Waals surface area contributed by atoms with Crippen LogP contribution in [-0.2, 0) is 19.8 Å². The van der Waals surface area contributed by atoms with Gasteiger partial charge in [0.15, 0.2) is 5.82 Å². The summed E-state index contributed by atoms with van der Waals surface area (Å²) in [4.78, 5) is 43.0. The summed E-state index contributed by atoms with van der Waals surface area (Å²) in [5, 5.41) is 9.54. The number of imide groups is 1. The first kappa shape index (κ1) is 21.2. The zero-order valence-corrected chi connectivity index (χ0v) is 18.3. The number of nitrogens with zero attached hydrogens (tertiary/aromatic N) is 3. The highest BCUT2D eigenvalue weighted by atomic mass is 16.2. The molecule has 4 rings (SSSR count). The van der Waals surface area contributed by atoms with Crippen LogP contribution in [-0.4, -0.2) is 44.3 Å². The van der Waals surface area contributed by atoms with E-state index < -0.39 is 0 Å². The van der Waals surface area contributed by atoms with Crippen molar-refractivity contribution in [2.24, 2.45) is 11.8 Å². The van der Waals surface area contributed by atoms with E-state index in [2.05, 4.69) is 53.4 Å². The highest BCUT2D eigenvalue weighted by Crippen LogP contribution is 2.38. The van der Waals surface area contributed by atoms with Gasteiger partial charge in [0.2, 0.25) is 23.7 Å². The van der Waals surface area contributed by atoms with Gasteiger partial charge >= 0.3 is 0 Å². The lowest BCUT2D eigenvalue weighted by Crippen LogP contribution is -2.34. The lowest BCUT2D eigenvalue weighted by Gasteiger charge is -2.19. The molecule has 2 fully saturated rings. The van der Waals surface area contributed by atoms with Crippen molar-refractivity contribution in [3.63, 3.8) is 0 Å². The second-order valence-electron chi connectivity index (χ2n) is 9.46. The summed E-state index contributed by atoms with van der Waals surface area (Å²) in [6, 6.07) is 8.04. The summed E-state index contributed by atoms with van der Waals surface area (Å²) < 4.78 is 0. The standard InChI is InChI=1S/C23H29N5O3/c1-23(2,3)15-10-8-14(9-11-15)19-25-22(27-26-19)24-18(29)12-13-28-20(30)16-6-4-5-7-17(16)21(28)31/h8-11,16-17H,4-7,12-13H2,1-3H3,(H2,24,25,26,27,29)/t16-,17-/m1/s1. The number of amides is 3. The Balaban J connectivity index is 1.33. The number of aromatic nitrogens is 3. The molecule has 2 N–H and O–H groups in total. The predicted molar refractivity (Wildman–Crippen MR) is 116 cm³/mol. The molecule has 0 spiro atoms. The molecule has 2 heterocycles. The Bertz CT molecular complexity index is 965. The molecule has 0 bridgehead atoms. The van der Waals surface area contributed by atoms with Crippen LogP contribution in [0.3, 0.4) is 0 Å². The Morgan fingerprint density at radius 1 is 1.10 bits per heavy atom. The summed E-state index contributed by atoms with van der Waals surface area (Å²) >= 11 is 0. The second kappa shape index (κ2) is 8.24. The van der Waals surface area contributed by atoms with Gasteiger partial charge in [0.1, 0.15) is 0 Å². The molecule has 1 aromatic heterocycles. The molecule has 2 atom stereocenters. The zero-order valence-electron chi connectivity index (χ0n) is 18.3. The fourth-order valence-corrected chi connectivity index (χ4v) is 4.43. The Labute approximate surface area is 181 Å². The molecule has 1 saturated heterocycles. The molecule has 1 aromatic carbocycles. The molecular formula is C23H29N5O3. The SMILES string of the molecule is CC(C)(C)c1ccc(-c2nc(NC(=O)CCN3C(=O)[C@@H]4CCCC[C@H]4C3=O)n[nH]2)cc1. The van der Waals surface area contributed by atoms with Crippen molar-refractivity contribution in [1.82, 2.24) is 20.1 Å². The number of nitrogens with one attached hydrogen (secondary N) is 2. The van der Waals surface area contributed by atoms with Crippen LogP contribution in [0.2, 0.25) is 0 Å². The monoisotopic (exact) mass is 423 g/mol. The lowest BCUT2D eigenvalue weighted by atomic mass is 9.81. The largest absolute Gasteiger partial charge is 0.293 e. The van der Waals surface area contributed by atoms with E-state index in [0.29, 0.717) is 5.82 Å². The van der Waals surface area contributed by atoms with Crippen LogP contribution in [0.1, 0.15) is 58.4 Å². The van der Waals surface area contributed by atoms with Gasteiger partial charge in [0, 0.05) is 18.5 Å². The number of H-pyrrole nitrogens is 1. The van der Waals surface area contributed by atoms with Gasteiger partial charge in [-0.1, -0.05) is 57.9 Å². The maximum absolute atomic E-state index is 12.5.